The predicted molar refractivity (Wildman–Crippen MR) is 40.7 cm³/mol. The number of benzene rings is 1. The summed E-state index contributed by atoms with van der Waals surface area (Å²) in [5.74, 6) is -0.988. The van der Waals surface area contributed by atoms with Gasteiger partial charge in [0.05, 0.1) is 5.56 Å². The summed E-state index contributed by atoms with van der Waals surface area (Å²) in [6, 6.07) is 6.36. The van der Waals surface area contributed by atoms with Gasteiger partial charge in [0.15, 0.2) is 0 Å². The van der Waals surface area contributed by atoms with E-state index in [1.54, 1.807) is 18.2 Å². The number of carbonyl (C=O) groups is 1. The topological polar surface area (TPSA) is 101 Å². The summed E-state index contributed by atoms with van der Waals surface area (Å²) in [6.07, 6.45) is 0. The monoisotopic (exact) mass is 218 g/mol. The molecular formula is C7H8NO4Ti. The fraction of sp³-hybridized carbons (Fsp3) is 0. The van der Waals surface area contributed by atoms with E-state index in [0.717, 1.165) is 0 Å². The van der Waals surface area contributed by atoms with Gasteiger partial charge in [-0.15, -0.1) is 0 Å². The second kappa shape index (κ2) is 6.48. The van der Waals surface area contributed by atoms with Crippen molar-refractivity contribution in [2.45, 2.75) is 0 Å². The average molecular weight is 218 g/mol. The average Bonchev–Trinajstić information content (AvgIpc) is 2.06. The number of rotatable bonds is 1. The second-order valence-corrected chi connectivity index (χ2v) is 2.27. The Kier molecular flexibility index (Phi) is 5.96. The van der Waals surface area contributed by atoms with Crippen LogP contribution in [0.3, 0.4) is 0 Å². The van der Waals surface area contributed by atoms with Crippen molar-refractivity contribution >= 4 is 11.7 Å². The number of hydrogen-bond donors (Lipinski definition) is 3. The molecule has 4 N–H and O–H groups in total. The zero-order valence-electron chi connectivity index (χ0n) is 6.60. The molecule has 0 aliphatic heterocycles. The van der Waals surface area contributed by atoms with Crippen molar-refractivity contribution < 1.29 is 36.4 Å². The van der Waals surface area contributed by atoms with E-state index in [2.05, 4.69) is 0 Å². The van der Waals surface area contributed by atoms with Crippen LogP contribution in [0.2, 0.25) is 0 Å². The number of anilines is 1. The van der Waals surface area contributed by atoms with E-state index in [4.69, 9.17) is 17.9 Å². The van der Waals surface area contributed by atoms with Crippen LogP contribution >= 0.6 is 0 Å². The van der Waals surface area contributed by atoms with Gasteiger partial charge in [-0.2, -0.15) is 0 Å². The van der Waals surface area contributed by atoms with Crippen molar-refractivity contribution in [3.05, 3.63) is 29.8 Å². The van der Waals surface area contributed by atoms with Crippen LogP contribution in [0.15, 0.2) is 24.3 Å². The van der Waals surface area contributed by atoms with E-state index in [1.807, 2.05) is 0 Å². The Hall–Kier alpha value is -1.04. The fourth-order valence-corrected chi connectivity index (χ4v) is 0.692. The molecule has 0 atom stereocenters. The van der Waals surface area contributed by atoms with Gasteiger partial charge in [-0.3, -0.25) is 0 Å². The molecule has 0 aliphatic rings. The number of nitrogens with two attached hydrogens (primary N) is 1. The molecule has 0 amide bonds. The second-order valence-electron chi connectivity index (χ2n) is 1.98. The normalized spacial score (nSPS) is 7.77. The van der Waals surface area contributed by atoms with Gasteiger partial charge in [0.1, 0.15) is 0 Å². The molecule has 0 unspecified atom stereocenters. The molecule has 1 aromatic rings. The first-order valence-corrected chi connectivity index (χ1v) is 4.56. The van der Waals surface area contributed by atoms with E-state index in [0.29, 0.717) is 5.69 Å². The van der Waals surface area contributed by atoms with E-state index in [1.165, 1.54) is 6.07 Å². The molecule has 0 aromatic heterocycles. The summed E-state index contributed by atoms with van der Waals surface area (Å²) >= 11 is -1.75. The maximum atomic E-state index is 10.3. The van der Waals surface area contributed by atoms with Crippen molar-refractivity contribution in [1.29, 1.82) is 0 Å². The van der Waals surface area contributed by atoms with E-state index >= 15 is 0 Å². The van der Waals surface area contributed by atoms with Crippen LogP contribution < -0.4 is 5.73 Å². The summed E-state index contributed by atoms with van der Waals surface area (Å²) in [7, 11) is 0. The SMILES string of the molecule is Nc1ccccc1C(=O)O.[O]=[Ti][OH]. The Morgan fingerprint density at radius 3 is 2.15 bits per heavy atom. The summed E-state index contributed by atoms with van der Waals surface area (Å²) in [4.78, 5) is 10.3. The fourth-order valence-electron chi connectivity index (χ4n) is 0.692. The van der Waals surface area contributed by atoms with Gasteiger partial charge in [-0.05, 0) is 12.1 Å². The third kappa shape index (κ3) is 4.52. The van der Waals surface area contributed by atoms with Gasteiger partial charge in [0, 0.05) is 5.69 Å². The van der Waals surface area contributed by atoms with Gasteiger partial charge in [-0.25, -0.2) is 4.79 Å². The number of aromatic carboxylic acids is 1. The molecular weight excluding hydrogens is 210 g/mol. The predicted octanol–water partition coefficient (Wildman–Crippen LogP) is 0.289. The molecule has 0 aliphatic carbocycles. The van der Waals surface area contributed by atoms with E-state index < -0.39 is 25.5 Å². The molecule has 69 valence electrons. The molecule has 0 fully saturated rings. The van der Waals surface area contributed by atoms with E-state index in [9.17, 15) is 4.79 Å². The number of carboxylic acid groups (broad SMARTS) is 1. The number of carboxylic acids is 1. The molecule has 0 saturated heterocycles. The molecule has 1 aromatic carbocycles. The number of nitrogen functional groups attached to an aromatic ring is 1. The maximum absolute atomic E-state index is 10.3. The van der Waals surface area contributed by atoms with Crippen molar-refractivity contribution in [3.63, 3.8) is 0 Å². The third-order valence-electron chi connectivity index (χ3n) is 1.19. The number of hydrogen-bond acceptors (Lipinski definition) is 3. The van der Waals surface area contributed by atoms with Crippen LogP contribution in [0.4, 0.5) is 5.69 Å². The summed E-state index contributed by atoms with van der Waals surface area (Å²) < 4.78 is 15.8. The molecule has 0 saturated carbocycles. The van der Waals surface area contributed by atoms with Gasteiger partial charge < -0.3 is 10.8 Å². The minimum absolute atomic E-state index is 0.155. The molecule has 6 heteroatoms. The van der Waals surface area contributed by atoms with Crippen molar-refractivity contribution in [1.82, 2.24) is 0 Å². The summed E-state index contributed by atoms with van der Waals surface area (Å²) in [5.41, 5.74) is 5.80. The zero-order valence-corrected chi connectivity index (χ0v) is 8.16. The van der Waals surface area contributed by atoms with Gasteiger partial charge >= 0.3 is 32.5 Å². The van der Waals surface area contributed by atoms with Crippen molar-refractivity contribution in [3.8, 4) is 0 Å². The minimum atomic E-state index is -1.75. The van der Waals surface area contributed by atoms with Gasteiger partial charge in [-0.1, -0.05) is 12.1 Å². The molecule has 5 nitrogen and oxygen atoms in total. The molecule has 1 rings (SSSR count). The molecule has 0 heterocycles. The molecule has 0 radical (unpaired) electrons. The quantitative estimate of drug-likeness (QED) is 0.464. The van der Waals surface area contributed by atoms with Crippen LogP contribution in [-0.4, -0.2) is 14.8 Å². The molecule has 0 bridgehead atoms. The van der Waals surface area contributed by atoms with Crippen LogP contribution in [0.1, 0.15) is 10.4 Å². The summed E-state index contributed by atoms with van der Waals surface area (Å²) in [5, 5.41) is 8.49. The first-order chi connectivity index (χ1) is 6.13. The zero-order chi connectivity index (χ0) is 10.3. The number of para-hydroxylation sites is 1. The Balaban J connectivity index is 0.000000424. The van der Waals surface area contributed by atoms with Crippen LogP contribution in [0, 0.1) is 0 Å². The third-order valence-corrected chi connectivity index (χ3v) is 1.19. The Morgan fingerprint density at radius 1 is 1.38 bits per heavy atom. The Morgan fingerprint density at radius 2 is 1.85 bits per heavy atom. The van der Waals surface area contributed by atoms with Crippen LogP contribution in [-0.2, 0) is 22.8 Å². The van der Waals surface area contributed by atoms with E-state index in [-0.39, 0.29) is 5.56 Å². The van der Waals surface area contributed by atoms with Crippen molar-refractivity contribution in [2.75, 3.05) is 5.73 Å². The molecule has 13 heavy (non-hydrogen) atoms. The summed E-state index contributed by atoms with van der Waals surface area (Å²) in [6.45, 7) is 0. The van der Waals surface area contributed by atoms with Gasteiger partial charge in [0.25, 0.3) is 0 Å². The first-order valence-electron chi connectivity index (χ1n) is 3.22. The Labute approximate surface area is 83.9 Å². The Bertz CT molecular complexity index is 302. The van der Waals surface area contributed by atoms with Crippen LogP contribution in [0.5, 0.6) is 0 Å². The van der Waals surface area contributed by atoms with Gasteiger partial charge in [0.2, 0.25) is 0 Å². The van der Waals surface area contributed by atoms with Crippen molar-refractivity contribution in [2.24, 2.45) is 0 Å². The molecule has 0 spiro atoms. The first kappa shape index (κ1) is 12.0. The standard InChI is InChI=1S/C7H7NO2.H2O.O.Ti/c8-6-4-2-1-3-5(6)7(9)10;;;/h1-4H,8H2,(H,9,10);1H2;;/q;;;+1/p-1. The van der Waals surface area contributed by atoms with Crippen LogP contribution in [0.25, 0.3) is 0 Å².